The fraction of sp³-hybridized carbons (Fsp3) is 0.154. The highest BCUT2D eigenvalue weighted by Gasteiger charge is 1.90. The van der Waals surface area contributed by atoms with E-state index in [1.165, 1.54) is 0 Å². The number of benzene rings is 1. The van der Waals surface area contributed by atoms with Crippen LogP contribution < -0.4 is 10.4 Å². The average Bonchev–Trinajstić information content (AvgIpc) is 2.21. The molecule has 72 valence electrons. The first kappa shape index (κ1) is 10.5. The average molecular weight is 186 g/mol. The van der Waals surface area contributed by atoms with Gasteiger partial charge in [0.25, 0.3) is 0 Å². The van der Waals surface area contributed by atoms with Gasteiger partial charge in [-0.15, -0.1) is 0 Å². The number of hydrogen-bond acceptors (Lipinski definition) is 1. The molecule has 0 aliphatic carbocycles. The summed E-state index contributed by atoms with van der Waals surface area (Å²) in [5, 5.41) is 1.79. The summed E-state index contributed by atoms with van der Waals surface area (Å²) in [6.07, 6.45) is 7.87. The molecule has 0 bridgehead atoms. The molecule has 14 heavy (non-hydrogen) atoms. The first-order valence-corrected chi connectivity index (χ1v) is 4.69. The van der Waals surface area contributed by atoms with E-state index < -0.39 is 0 Å². The zero-order valence-electron chi connectivity index (χ0n) is 8.36. The lowest BCUT2D eigenvalue weighted by molar-refractivity contribution is 0.112. The largest absolute Gasteiger partial charge is 0.298 e. The van der Waals surface area contributed by atoms with Crippen LogP contribution in [0.4, 0.5) is 0 Å². The highest BCUT2D eigenvalue weighted by atomic mass is 16.1. The van der Waals surface area contributed by atoms with Crippen molar-refractivity contribution >= 4 is 18.9 Å². The molecule has 1 aromatic carbocycles. The van der Waals surface area contributed by atoms with Gasteiger partial charge in [-0.25, -0.2) is 0 Å². The molecule has 0 aliphatic rings. The van der Waals surface area contributed by atoms with Gasteiger partial charge >= 0.3 is 0 Å². The van der Waals surface area contributed by atoms with Gasteiger partial charge in [0.1, 0.15) is 0 Å². The lowest BCUT2D eigenvalue weighted by atomic mass is 10.1. The van der Waals surface area contributed by atoms with Gasteiger partial charge in [-0.05, 0) is 16.9 Å². The van der Waals surface area contributed by atoms with Crippen LogP contribution in [0.1, 0.15) is 23.7 Å². The first-order valence-electron chi connectivity index (χ1n) is 4.69. The highest BCUT2D eigenvalue weighted by Crippen LogP contribution is 1.83. The summed E-state index contributed by atoms with van der Waals surface area (Å²) in [7, 11) is 0. The Morgan fingerprint density at radius 3 is 2.86 bits per heavy atom. The molecular formula is C13H14O. The summed E-state index contributed by atoms with van der Waals surface area (Å²) in [5.41, 5.74) is 0.656. The van der Waals surface area contributed by atoms with Gasteiger partial charge in [-0.1, -0.05) is 49.9 Å². The lowest BCUT2D eigenvalue weighted by Crippen LogP contribution is -2.26. The molecule has 0 heterocycles. The van der Waals surface area contributed by atoms with Crippen molar-refractivity contribution in [2.24, 2.45) is 0 Å². The van der Waals surface area contributed by atoms with Crippen molar-refractivity contribution in [1.29, 1.82) is 0 Å². The lowest BCUT2D eigenvalue weighted by Gasteiger charge is -1.91. The normalized spacial score (nSPS) is 12.2. The van der Waals surface area contributed by atoms with Crippen molar-refractivity contribution in [1.82, 2.24) is 0 Å². The van der Waals surface area contributed by atoms with Crippen LogP contribution in [-0.4, -0.2) is 6.29 Å². The number of allylic oxidation sites excluding steroid dienone is 2. The van der Waals surface area contributed by atoms with E-state index in [0.29, 0.717) is 5.56 Å². The molecule has 0 unspecified atom stereocenters. The highest BCUT2D eigenvalue weighted by molar-refractivity contribution is 5.75. The van der Waals surface area contributed by atoms with Gasteiger partial charge < -0.3 is 0 Å². The van der Waals surface area contributed by atoms with Crippen LogP contribution >= 0.6 is 0 Å². The zero-order chi connectivity index (χ0) is 10.4. The third-order valence-corrected chi connectivity index (χ3v) is 2.02. The van der Waals surface area contributed by atoms with Crippen molar-refractivity contribution in [3.05, 3.63) is 46.4 Å². The fourth-order valence-corrected chi connectivity index (χ4v) is 1.20. The quantitative estimate of drug-likeness (QED) is 0.656. The van der Waals surface area contributed by atoms with Crippen LogP contribution in [0, 0.1) is 0 Å². The van der Waals surface area contributed by atoms with Gasteiger partial charge in [0.2, 0.25) is 0 Å². The Morgan fingerprint density at radius 2 is 2.21 bits per heavy atom. The smallest absolute Gasteiger partial charge is 0.150 e. The molecule has 1 nitrogen and oxygen atoms in total. The first-order chi connectivity index (χ1) is 6.79. The second-order valence-electron chi connectivity index (χ2n) is 3.04. The van der Waals surface area contributed by atoms with Crippen LogP contribution in [0.3, 0.4) is 0 Å². The molecule has 0 atom stereocenters. The topological polar surface area (TPSA) is 17.1 Å². The van der Waals surface area contributed by atoms with E-state index in [4.69, 9.17) is 0 Å². The molecule has 0 fully saturated rings. The molecule has 0 saturated carbocycles. The number of carbonyl (C=O) groups is 1. The molecular weight excluding hydrogens is 172 g/mol. The van der Waals surface area contributed by atoms with Gasteiger partial charge in [-0.3, -0.25) is 4.79 Å². The van der Waals surface area contributed by atoms with Crippen molar-refractivity contribution in [3.8, 4) is 0 Å². The van der Waals surface area contributed by atoms with E-state index in [1.807, 2.05) is 24.3 Å². The number of carbonyl (C=O) groups excluding carboxylic acids is 1. The van der Waals surface area contributed by atoms with Crippen molar-refractivity contribution < 1.29 is 4.79 Å². The second-order valence-corrected chi connectivity index (χ2v) is 3.04. The van der Waals surface area contributed by atoms with Crippen LogP contribution in [-0.2, 0) is 0 Å². The van der Waals surface area contributed by atoms with E-state index >= 15 is 0 Å². The van der Waals surface area contributed by atoms with Gasteiger partial charge in [0, 0.05) is 5.56 Å². The summed E-state index contributed by atoms with van der Waals surface area (Å²) < 4.78 is 0. The van der Waals surface area contributed by atoms with Crippen molar-refractivity contribution in [2.75, 3.05) is 0 Å². The number of hydrogen-bond donors (Lipinski definition) is 0. The number of rotatable bonds is 3. The van der Waals surface area contributed by atoms with E-state index in [2.05, 4.69) is 19.6 Å². The SMILES string of the molecule is C=c1c(C=O)ccc/c1=C/C=C\CC. The summed E-state index contributed by atoms with van der Waals surface area (Å²) in [6.45, 7) is 5.95. The molecule has 1 aromatic rings. The Labute approximate surface area is 84.1 Å². The van der Waals surface area contributed by atoms with Crippen LogP contribution in [0.5, 0.6) is 0 Å². The molecule has 1 rings (SSSR count). The molecule has 0 aliphatic heterocycles. The molecule has 0 aromatic heterocycles. The predicted molar refractivity (Wildman–Crippen MR) is 60.5 cm³/mol. The maximum Gasteiger partial charge on any atom is 0.150 e. The maximum absolute atomic E-state index is 10.6. The third kappa shape index (κ3) is 2.43. The minimum Gasteiger partial charge on any atom is -0.298 e. The van der Waals surface area contributed by atoms with Crippen molar-refractivity contribution in [2.45, 2.75) is 13.3 Å². The summed E-state index contributed by atoms with van der Waals surface area (Å²) in [4.78, 5) is 10.6. The molecule has 0 saturated heterocycles. The summed E-state index contributed by atoms with van der Waals surface area (Å²) in [6, 6.07) is 5.59. The minimum atomic E-state index is 0.656. The Kier molecular flexibility index (Phi) is 3.86. The third-order valence-electron chi connectivity index (χ3n) is 2.02. The monoisotopic (exact) mass is 186 g/mol. The zero-order valence-corrected chi connectivity index (χ0v) is 8.36. The fourth-order valence-electron chi connectivity index (χ4n) is 1.20. The molecule has 0 amide bonds. The van der Waals surface area contributed by atoms with Crippen LogP contribution in [0.2, 0.25) is 0 Å². The predicted octanol–water partition coefficient (Wildman–Crippen LogP) is 1.66. The van der Waals surface area contributed by atoms with Gasteiger partial charge in [0.15, 0.2) is 6.29 Å². The van der Waals surface area contributed by atoms with E-state index in [9.17, 15) is 4.79 Å². The second kappa shape index (κ2) is 5.18. The Bertz CT molecular complexity index is 441. The molecule has 0 radical (unpaired) electrons. The van der Waals surface area contributed by atoms with Crippen LogP contribution in [0.25, 0.3) is 12.7 Å². The molecule has 0 spiro atoms. The molecule has 0 N–H and O–H groups in total. The molecule has 1 heteroatoms. The summed E-state index contributed by atoms with van der Waals surface area (Å²) >= 11 is 0. The van der Waals surface area contributed by atoms with E-state index in [1.54, 1.807) is 6.07 Å². The minimum absolute atomic E-state index is 0.656. The standard InChI is InChI=1S/C13H14O/c1-3-4-5-7-12-8-6-9-13(10-14)11(12)2/h4-10H,2-3H2,1H3/b5-4-,12-7-. The maximum atomic E-state index is 10.6. The van der Waals surface area contributed by atoms with E-state index in [-0.39, 0.29) is 0 Å². The van der Waals surface area contributed by atoms with Gasteiger partial charge in [0.05, 0.1) is 0 Å². The van der Waals surface area contributed by atoms with Gasteiger partial charge in [-0.2, -0.15) is 0 Å². The Balaban J connectivity index is 3.23. The number of aldehydes is 1. The van der Waals surface area contributed by atoms with Crippen LogP contribution in [0.15, 0.2) is 30.4 Å². The Hall–Kier alpha value is -1.63. The van der Waals surface area contributed by atoms with Crippen molar-refractivity contribution in [3.63, 3.8) is 0 Å². The Morgan fingerprint density at radius 1 is 1.43 bits per heavy atom. The van der Waals surface area contributed by atoms with E-state index in [0.717, 1.165) is 23.1 Å². The summed E-state index contributed by atoms with van der Waals surface area (Å²) in [5.74, 6) is 0.